The first-order valence-electron chi connectivity index (χ1n) is 18.9. The van der Waals surface area contributed by atoms with Gasteiger partial charge in [-0.3, -0.25) is 4.98 Å². The molecule has 1 aromatic heterocycles. The number of anilines is 2. The van der Waals surface area contributed by atoms with Crippen molar-refractivity contribution in [2.24, 2.45) is 0 Å². The summed E-state index contributed by atoms with van der Waals surface area (Å²) >= 11 is 8.20. The summed E-state index contributed by atoms with van der Waals surface area (Å²) in [4.78, 5) is 9.51. The predicted molar refractivity (Wildman–Crippen MR) is 211 cm³/mol. The van der Waals surface area contributed by atoms with Crippen LogP contribution in [0, 0.1) is 11.6 Å². The molecule has 270 valence electrons. The second-order valence-corrected chi connectivity index (χ2v) is 16.2. The van der Waals surface area contributed by atoms with E-state index in [2.05, 4.69) is 126 Å². The van der Waals surface area contributed by atoms with Crippen molar-refractivity contribution in [1.29, 1.82) is 0 Å². The summed E-state index contributed by atoms with van der Waals surface area (Å²) in [6.07, 6.45) is 8.86. The van der Waals surface area contributed by atoms with Gasteiger partial charge in [-0.05, 0) is 88.4 Å². The fraction of sp³-hybridized carbons (Fsp3) is 0.444. The molecule has 4 aromatic rings. The van der Waals surface area contributed by atoms with Gasteiger partial charge in [0.15, 0.2) is 0 Å². The monoisotopic (exact) mass is 709 g/mol. The third kappa shape index (κ3) is 5.98. The lowest BCUT2D eigenvalue weighted by Crippen LogP contribution is -2.62. The second kappa shape index (κ2) is 14.4. The van der Waals surface area contributed by atoms with E-state index in [1.54, 1.807) is 12.3 Å². The van der Waals surface area contributed by atoms with Crippen LogP contribution in [0.3, 0.4) is 0 Å². The van der Waals surface area contributed by atoms with Crippen LogP contribution in [-0.2, 0) is 5.41 Å². The van der Waals surface area contributed by atoms with E-state index < -0.39 is 28.1 Å². The molecule has 6 heteroatoms. The predicted octanol–water partition coefficient (Wildman–Crippen LogP) is 13.2. The fourth-order valence-corrected chi connectivity index (χ4v) is 9.97. The average molecular weight is 710 g/mol. The number of aromatic nitrogens is 1. The molecule has 0 saturated heterocycles. The zero-order valence-electron chi connectivity index (χ0n) is 31.8. The summed E-state index contributed by atoms with van der Waals surface area (Å²) in [5, 5.41) is -0.468. The highest BCUT2D eigenvalue weighted by molar-refractivity contribution is 6.22. The molecule has 0 radical (unpaired) electrons. The fourth-order valence-electron chi connectivity index (χ4n) is 9.27. The van der Waals surface area contributed by atoms with Gasteiger partial charge in [0.25, 0.3) is 0 Å². The Balaban J connectivity index is 1.62. The number of hydrogen-bond donors (Lipinski definition) is 0. The zero-order valence-corrected chi connectivity index (χ0v) is 32.5. The maximum atomic E-state index is 16.1. The smallest absolute Gasteiger partial charge is 0.144 e. The number of fused-ring (bicyclic) bond motifs is 3. The first kappa shape index (κ1) is 37.1. The molecule has 2 aliphatic heterocycles. The minimum absolute atomic E-state index is 0.000353. The minimum Gasteiger partial charge on any atom is -0.320 e. The van der Waals surface area contributed by atoms with Crippen LogP contribution in [0.2, 0.25) is 0 Å². The summed E-state index contributed by atoms with van der Waals surface area (Å²) in [7, 11) is 0. The normalized spacial score (nSPS) is 20.0. The number of rotatable bonds is 12. The maximum Gasteiger partial charge on any atom is 0.144 e. The van der Waals surface area contributed by atoms with Crippen LogP contribution in [0.5, 0.6) is 0 Å². The van der Waals surface area contributed by atoms with E-state index in [4.69, 9.17) is 11.6 Å². The van der Waals surface area contributed by atoms with Crippen molar-refractivity contribution in [1.82, 2.24) is 4.98 Å². The standard InChI is InChI=1S/C45H54ClF2N3/c1-10-21-44(11-2,37-25-32(47)26-38(48)41(37)39-20-12-13-22-49-39)27-40(46)45-31(9)36-19-15-18-35(30(7)8)43(36)51(45)24-23-50(45)42-33(28(3)4)16-14-17-34(42)29(5)6/h12-20,22-26,28-31,40H,10-11,21,27H2,1-9H3/t31?,40-,44?,45-/m1/s1. The molecule has 6 rings (SSSR count). The first-order valence-corrected chi connectivity index (χ1v) is 19.3. The lowest BCUT2D eigenvalue weighted by atomic mass is 9.67. The number of pyridine rings is 1. The van der Waals surface area contributed by atoms with Crippen molar-refractivity contribution in [2.75, 3.05) is 9.80 Å². The summed E-state index contributed by atoms with van der Waals surface area (Å²) in [5.74, 6) is -0.309. The van der Waals surface area contributed by atoms with Crippen molar-refractivity contribution in [2.45, 2.75) is 128 Å². The average Bonchev–Trinajstić information content (AvgIpc) is 3.62. The Morgan fingerprint density at radius 2 is 1.39 bits per heavy atom. The SMILES string of the molecule is CCCC(CC)(C[C@@H](Cl)[C@@]12C(C)c3cccc(C(C)C)c3N1C=CN2c1c(C(C)C)cccc1C(C)C)c1cc(F)cc(F)c1-c1ccccn1. The van der Waals surface area contributed by atoms with Gasteiger partial charge >= 0.3 is 0 Å². The van der Waals surface area contributed by atoms with Crippen LogP contribution < -0.4 is 9.80 Å². The zero-order chi connectivity index (χ0) is 36.8. The van der Waals surface area contributed by atoms with E-state index in [0.717, 1.165) is 18.9 Å². The topological polar surface area (TPSA) is 19.4 Å². The highest BCUT2D eigenvalue weighted by Crippen LogP contribution is 2.61. The van der Waals surface area contributed by atoms with Crippen molar-refractivity contribution in [3.8, 4) is 11.3 Å². The van der Waals surface area contributed by atoms with Crippen molar-refractivity contribution < 1.29 is 8.78 Å². The van der Waals surface area contributed by atoms with Gasteiger partial charge in [0, 0.05) is 47.5 Å². The van der Waals surface area contributed by atoms with E-state index in [1.807, 2.05) is 18.2 Å². The van der Waals surface area contributed by atoms with E-state index in [0.29, 0.717) is 35.6 Å². The van der Waals surface area contributed by atoms with Gasteiger partial charge in [-0.1, -0.05) is 111 Å². The van der Waals surface area contributed by atoms with Gasteiger partial charge in [-0.25, -0.2) is 8.78 Å². The molecule has 3 nitrogen and oxygen atoms in total. The molecular formula is C45H54ClF2N3. The van der Waals surface area contributed by atoms with Gasteiger partial charge in [-0.15, -0.1) is 11.6 Å². The number of hydrogen-bond acceptors (Lipinski definition) is 3. The molecule has 2 aliphatic rings. The lowest BCUT2D eigenvalue weighted by Gasteiger charge is -2.51. The first-order chi connectivity index (χ1) is 24.3. The van der Waals surface area contributed by atoms with Crippen LogP contribution in [0.25, 0.3) is 11.3 Å². The number of nitrogens with zero attached hydrogens (tertiary/aromatic N) is 3. The Hall–Kier alpha value is -3.70. The van der Waals surface area contributed by atoms with Gasteiger partial charge < -0.3 is 9.80 Å². The molecular weight excluding hydrogens is 656 g/mol. The minimum atomic E-state index is -0.727. The summed E-state index contributed by atoms with van der Waals surface area (Å²) in [6, 6.07) is 21.4. The molecule has 0 aliphatic carbocycles. The van der Waals surface area contributed by atoms with Crippen LogP contribution in [0.15, 0.2) is 85.3 Å². The third-order valence-electron chi connectivity index (χ3n) is 11.8. The van der Waals surface area contributed by atoms with E-state index >= 15 is 8.78 Å². The Bertz CT molecular complexity index is 1880. The highest BCUT2D eigenvalue weighted by atomic mass is 35.5. The molecule has 0 amide bonds. The van der Waals surface area contributed by atoms with Crippen LogP contribution in [0.4, 0.5) is 20.2 Å². The Morgan fingerprint density at radius 1 is 0.804 bits per heavy atom. The van der Waals surface area contributed by atoms with Gasteiger partial charge in [0.1, 0.15) is 17.3 Å². The molecule has 3 heterocycles. The van der Waals surface area contributed by atoms with E-state index in [9.17, 15) is 0 Å². The van der Waals surface area contributed by atoms with Crippen molar-refractivity contribution >= 4 is 23.0 Å². The number of alkyl halides is 1. The summed E-state index contributed by atoms with van der Waals surface area (Å²) in [6.45, 7) is 20.1. The van der Waals surface area contributed by atoms with Gasteiger partial charge in [0.05, 0.1) is 11.1 Å². The lowest BCUT2D eigenvalue weighted by molar-refractivity contribution is 0.277. The van der Waals surface area contributed by atoms with Crippen LogP contribution in [-0.4, -0.2) is 16.0 Å². The van der Waals surface area contributed by atoms with Gasteiger partial charge in [0.2, 0.25) is 0 Å². The van der Waals surface area contributed by atoms with Gasteiger partial charge in [-0.2, -0.15) is 0 Å². The highest BCUT2D eigenvalue weighted by Gasteiger charge is 2.61. The largest absolute Gasteiger partial charge is 0.320 e. The van der Waals surface area contributed by atoms with Crippen molar-refractivity contribution in [3.63, 3.8) is 0 Å². The maximum absolute atomic E-state index is 16.1. The van der Waals surface area contributed by atoms with E-state index in [-0.39, 0.29) is 17.8 Å². The second-order valence-electron chi connectivity index (χ2n) is 15.7. The molecule has 3 aromatic carbocycles. The molecule has 4 atom stereocenters. The summed E-state index contributed by atoms with van der Waals surface area (Å²) < 4.78 is 31.5. The number of halogens is 3. The summed E-state index contributed by atoms with van der Waals surface area (Å²) in [5.41, 5.74) is 7.71. The molecule has 0 N–H and O–H groups in total. The van der Waals surface area contributed by atoms with Crippen LogP contribution >= 0.6 is 11.6 Å². The number of para-hydroxylation sites is 2. The quantitative estimate of drug-likeness (QED) is 0.137. The third-order valence-corrected chi connectivity index (χ3v) is 12.2. The Kier molecular flexibility index (Phi) is 10.4. The van der Waals surface area contributed by atoms with Crippen LogP contribution in [0.1, 0.15) is 139 Å². The molecule has 0 bridgehead atoms. The molecule has 51 heavy (non-hydrogen) atoms. The molecule has 2 unspecified atom stereocenters. The Morgan fingerprint density at radius 3 is 1.94 bits per heavy atom. The van der Waals surface area contributed by atoms with E-state index in [1.165, 1.54) is 33.6 Å². The molecule has 0 saturated carbocycles. The molecule has 0 fully saturated rings. The number of benzene rings is 3. The Labute approximate surface area is 309 Å². The molecule has 0 spiro atoms. The van der Waals surface area contributed by atoms with Crippen molar-refractivity contribution in [3.05, 3.63) is 125 Å².